The number of nitrogens with zero attached hydrogens (tertiary/aromatic N) is 1. The number of hydrogen-bond acceptors (Lipinski definition) is 5. The van der Waals surface area contributed by atoms with Crippen molar-refractivity contribution in [2.24, 2.45) is 5.92 Å². The average molecular weight is 367 g/mol. The Labute approximate surface area is 152 Å². The predicted octanol–water partition coefficient (Wildman–Crippen LogP) is 4.56. The fraction of sp³-hybridized carbons (Fsp3) is 0.105. The molecule has 0 aliphatic carbocycles. The molecular formula is C19H11ClN2O2S. The van der Waals surface area contributed by atoms with Crippen LogP contribution in [-0.4, -0.2) is 5.90 Å². The van der Waals surface area contributed by atoms with Crippen molar-refractivity contribution in [1.29, 1.82) is 10.7 Å². The number of rotatable bonds is 1. The second-order valence-corrected chi connectivity index (χ2v) is 7.12. The van der Waals surface area contributed by atoms with Gasteiger partial charge >= 0.3 is 0 Å². The second-order valence-electron chi connectivity index (χ2n) is 5.70. The first-order valence-electron chi connectivity index (χ1n) is 7.58. The van der Waals surface area contributed by atoms with Crippen molar-refractivity contribution in [3.8, 4) is 11.8 Å². The first-order chi connectivity index (χ1) is 12.1. The van der Waals surface area contributed by atoms with Crippen molar-refractivity contribution in [3.05, 3.63) is 74.2 Å². The molecule has 0 spiro atoms. The highest BCUT2D eigenvalue weighted by Gasteiger charge is 2.40. The summed E-state index contributed by atoms with van der Waals surface area (Å²) in [7, 11) is 0. The minimum absolute atomic E-state index is 0.166. The van der Waals surface area contributed by atoms with Gasteiger partial charge in [0.15, 0.2) is 0 Å². The van der Waals surface area contributed by atoms with E-state index in [0.717, 1.165) is 21.4 Å². The maximum Gasteiger partial charge on any atom is 0.240 e. The molecule has 0 saturated carbocycles. The molecule has 2 heterocycles. The molecule has 0 fully saturated rings. The summed E-state index contributed by atoms with van der Waals surface area (Å²) in [5.41, 5.74) is 1.06. The van der Waals surface area contributed by atoms with E-state index in [0.29, 0.717) is 21.9 Å². The van der Waals surface area contributed by atoms with Gasteiger partial charge in [0.2, 0.25) is 10.6 Å². The molecule has 1 N–H and O–H groups in total. The van der Waals surface area contributed by atoms with Gasteiger partial charge in [0.25, 0.3) is 0 Å². The highest BCUT2D eigenvalue weighted by atomic mass is 35.5. The lowest BCUT2D eigenvalue weighted by Gasteiger charge is -2.30. The molecule has 0 amide bonds. The molecule has 6 heteroatoms. The van der Waals surface area contributed by atoms with E-state index in [2.05, 4.69) is 6.07 Å². The van der Waals surface area contributed by atoms with Gasteiger partial charge in [-0.05, 0) is 23.8 Å². The first kappa shape index (κ1) is 15.8. The van der Waals surface area contributed by atoms with Crippen molar-refractivity contribution in [3.63, 3.8) is 0 Å². The number of ether oxygens (including phenoxy) is 1. The number of halogens is 1. The monoisotopic (exact) mass is 366 g/mol. The van der Waals surface area contributed by atoms with E-state index < -0.39 is 11.8 Å². The Balaban J connectivity index is 2.10. The number of hydrogen-bond donors (Lipinski definition) is 1. The summed E-state index contributed by atoms with van der Waals surface area (Å²) in [4.78, 5) is 12.9. The van der Waals surface area contributed by atoms with Crippen LogP contribution in [-0.2, 0) is 0 Å². The van der Waals surface area contributed by atoms with Crippen molar-refractivity contribution < 1.29 is 4.74 Å². The number of nitriles is 1. The topological polar surface area (TPSA) is 73.9 Å². The Morgan fingerprint density at radius 2 is 1.88 bits per heavy atom. The Hall–Kier alpha value is -2.68. The molecule has 1 aromatic heterocycles. The highest BCUT2D eigenvalue weighted by Crippen LogP contribution is 2.45. The van der Waals surface area contributed by atoms with Crippen LogP contribution < -0.4 is 9.48 Å². The smallest absolute Gasteiger partial charge is 0.240 e. The van der Waals surface area contributed by atoms with Gasteiger partial charge in [-0.25, -0.2) is 0 Å². The Morgan fingerprint density at radius 1 is 1.16 bits per heavy atom. The molecule has 2 atom stereocenters. The maximum absolute atomic E-state index is 12.9. The SMILES string of the molecule is N#CC1C(=N)Oc2c(c(=O)sc3ccccc23)C1c1ccccc1Cl. The minimum atomic E-state index is -0.895. The molecule has 2 aromatic carbocycles. The first-order valence-corrected chi connectivity index (χ1v) is 8.77. The van der Waals surface area contributed by atoms with Gasteiger partial charge in [0, 0.05) is 21.0 Å². The van der Waals surface area contributed by atoms with Gasteiger partial charge in [-0.2, -0.15) is 5.26 Å². The van der Waals surface area contributed by atoms with E-state index in [1.54, 1.807) is 18.2 Å². The lowest BCUT2D eigenvalue weighted by Crippen LogP contribution is -2.34. The number of benzene rings is 2. The third-order valence-electron chi connectivity index (χ3n) is 4.32. The summed E-state index contributed by atoms with van der Waals surface area (Å²) in [6.07, 6.45) is 0. The zero-order valence-corrected chi connectivity index (χ0v) is 14.4. The van der Waals surface area contributed by atoms with Gasteiger partial charge in [0.1, 0.15) is 11.7 Å². The number of fused-ring (bicyclic) bond motifs is 3. The molecule has 0 saturated heterocycles. The summed E-state index contributed by atoms with van der Waals surface area (Å²) < 4.78 is 6.26. The van der Waals surface area contributed by atoms with Crippen LogP contribution in [0.4, 0.5) is 0 Å². The molecule has 122 valence electrons. The summed E-state index contributed by atoms with van der Waals surface area (Å²) in [6, 6.07) is 16.6. The van der Waals surface area contributed by atoms with Gasteiger partial charge in [-0.3, -0.25) is 10.2 Å². The Morgan fingerprint density at radius 3 is 2.64 bits per heavy atom. The standard InChI is InChI=1S/C19H11ClN2O2S/c20-13-7-3-1-5-10(13)15-12(9-21)18(22)24-17-11-6-2-4-8-14(11)25-19(23)16(15)17/h1-8,12,15,22H. The highest BCUT2D eigenvalue weighted by molar-refractivity contribution is 7.16. The van der Waals surface area contributed by atoms with Crippen LogP contribution in [0.3, 0.4) is 0 Å². The lowest BCUT2D eigenvalue weighted by molar-refractivity contribution is 0.454. The van der Waals surface area contributed by atoms with Crippen LogP contribution in [0.15, 0.2) is 53.3 Å². The molecule has 4 rings (SSSR count). The predicted molar refractivity (Wildman–Crippen MR) is 98.8 cm³/mol. The Bertz CT molecular complexity index is 1120. The van der Waals surface area contributed by atoms with Crippen LogP contribution in [0.2, 0.25) is 5.02 Å². The maximum atomic E-state index is 12.9. The summed E-state index contributed by atoms with van der Waals surface area (Å²) in [6.45, 7) is 0. The van der Waals surface area contributed by atoms with Crippen molar-refractivity contribution in [2.75, 3.05) is 0 Å². The van der Waals surface area contributed by atoms with E-state index in [1.807, 2.05) is 30.3 Å². The molecule has 4 nitrogen and oxygen atoms in total. The quantitative estimate of drug-likeness (QED) is 0.686. The van der Waals surface area contributed by atoms with E-state index in [1.165, 1.54) is 0 Å². The van der Waals surface area contributed by atoms with E-state index in [9.17, 15) is 10.1 Å². The fourth-order valence-corrected chi connectivity index (χ4v) is 4.40. The van der Waals surface area contributed by atoms with Crippen LogP contribution in [0.1, 0.15) is 17.0 Å². The summed E-state index contributed by atoms with van der Waals surface area (Å²) in [5, 5.41) is 19.0. The zero-order chi connectivity index (χ0) is 17.6. The molecule has 1 aliphatic rings. The molecular weight excluding hydrogens is 356 g/mol. The molecule has 25 heavy (non-hydrogen) atoms. The molecule has 2 unspecified atom stereocenters. The third kappa shape index (κ3) is 2.42. The van der Waals surface area contributed by atoms with Crippen molar-refractivity contribution >= 4 is 38.9 Å². The summed E-state index contributed by atoms with van der Waals surface area (Å²) >= 11 is 7.46. The summed E-state index contributed by atoms with van der Waals surface area (Å²) in [5.74, 6) is -1.32. The second kappa shape index (κ2) is 5.99. The van der Waals surface area contributed by atoms with Gasteiger partial charge < -0.3 is 4.74 Å². The molecule has 0 radical (unpaired) electrons. The van der Waals surface area contributed by atoms with Crippen molar-refractivity contribution in [2.45, 2.75) is 5.92 Å². The minimum Gasteiger partial charge on any atom is -0.441 e. The van der Waals surface area contributed by atoms with Gasteiger partial charge in [-0.15, -0.1) is 0 Å². The van der Waals surface area contributed by atoms with E-state index >= 15 is 0 Å². The lowest BCUT2D eigenvalue weighted by atomic mass is 9.79. The van der Waals surface area contributed by atoms with Gasteiger partial charge in [-0.1, -0.05) is 53.3 Å². The molecule has 1 aliphatic heterocycles. The van der Waals surface area contributed by atoms with E-state index in [-0.39, 0.29) is 10.6 Å². The zero-order valence-electron chi connectivity index (χ0n) is 12.8. The largest absolute Gasteiger partial charge is 0.441 e. The van der Waals surface area contributed by atoms with Gasteiger partial charge in [0.05, 0.1) is 11.6 Å². The third-order valence-corrected chi connectivity index (χ3v) is 5.64. The Kier molecular flexibility index (Phi) is 3.79. The number of nitrogens with one attached hydrogen (secondary N) is 1. The molecule has 3 aromatic rings. The average Bonchev–Trinajstić information content (AvgIpc) is 2.61. The van der Waals surface area contributed by atoms with Crippen LogP contribution >= 0.6 is 22.9 Å². The van der Waals surface area contributed by atoms with Crippen LogP contribution in [0.5, 0.6) is 5.75 Å². The normalized spacial score (nSPS) is 19.1. The van der Waals surface area contributed by atoms with E-state index in [4.69, 9.17) is 21.7 Å². The van der Waals surface area contributed by atoms with Crippen LogP contribution in [0, 0.1) is 22.7 Å². The van der Waals surface area contributed by atoms with Crippen LogP contribution in [0.25, 0.3) is 10.1 Å². The molecule has 0 bridgehead atoms. The van der Waals surface area contributed by atoms with Crippen molar-refractivity contribution in [1.82, 2.24) is 0 Å². The fourth-order valence-electron chi connectivity index (χ4n) is 3.20.